The Hall–Kier alpha value is -0.180. The first-order valence-electron chi connectivity index (χ1n) is 6.62. The van der Waals surface area contributed by atoms with Gasteiger partial charge >= 0.3 is 0 Å². The van der Waals surface area contributed by atoms with Gasteiger partial charge in [0.25, 0.3) is 0 Å². The fourth-order valence-corrected chi connectivity index (χ4v) is 6.08. The molecular formula is C11H24N2O4S2. The summed E-state index contributed by atoms with van der Waals surface area (Å²) < 4.78 is 49.1. The van der Waals surface area contributed by atoms with Crippen molar-refractivity contribution < 1.29 is 16.8 Å². The van der Waals surface area contributed by atoms with Gasteiger partial charge in [-0.25, -0.2) is 21.1 Å². The van der Waals surface area contributed by atoms with Crippen LogP contribution in [-0.2, 0) is 19.9 Å². The first-order valence-corrected chi connectivity index (χ1v) is 9.95. The van der Waals surface area contributed by atoms with Crippen LogP contribution in [0.15, 0.2) is 0 Å². The second-order valence-electron chi connectivity index (χ2n) is 5.19. The van der Waals surface area contributed by atoms with E-state index in [1.54, 1.807) is 6.92 Å². The minimum atomic E-state index is -3.42. The lowest BCUT2D eigenvalue weighted by Crippen LogP contribution is -2.44. The smallest absolute Gasteiger partial charge is 0.217 e. The molecule has 114 valence electrons. The predicted octanol–water partition coefficient (Wildman–Crippen LogP) is -0.190. The summed E-state index contributed by atoms with van der Waals surface area (Å²) in [7, 11) is -6.46. The Morgan fingerprint density at radius 1 is 1.32 bits per heavy atom. The van der Waals surface area contributed by atoms with Crippen LogP contribution in [-0.4, -0.2) is 57.5 Å². The van der Waals surface area contributed by atoms with Crippen LogP contribution < -0.4 is 5.73 Å². The highest BCUT2D eigenvalue weighted by Crippen LogP contribution is 2.23. The van der Waals surface area contributed by atoms with E-state index in [0.717, 1.165) is 0 Å². The standard InChI is InChI=1S/C11H24N2O4S2/c1-3-13(9-10(2)8-12)19(16,17)11-4-6-18(14,15)7-5-11/h10-11H,3-9,12H2,1-2H3. The average molecular weight is 312 g/mol. The molecule has 0 aliphatic carbocycles. The van der Waals surface area contributed by atoms with Crippen LogP contribution in [0.25, 0.3) is 0 Å². The zero-order chi connectivity index (χ0) is 14.7. The minimum absolute atomic E-state index is 0.0269. The van der Waals surface area contributed by atoms with Crippen LogP contribution in [0.5, 0.6) is 0 Å². The molecule has 0 spiro atoms. The molecule has 6 nitrogen and oxygen atoms in total. The van der Waals surface area contributed by atoms with Gasteiger partial charge in [0, 0.05) is 13.1 Å². The summed E-state index contributed by atoms with van der Waals surface area (Å²) in [6.07, 6.45) is 0.413. The predicted molar refractivity (Wildman–Crippen MR) is 76.1 cm³/mol. The Bertz CT molecular complexity index is 473. The Labute approximate surface area is 116 Å². The van der Waals surface area contributed by atoms with Crippen LogP contribution in [0.4, 0.5) is 0 Å². The molecule has 0 aromatic carbocycles. The highest BCUT2D eigenvalue weighted by molar-refractivity contribution is 7.92. The van der Waals surface area contributed by atoms with Gasteiger partial charge in [-0.2, -0.15) is 0 Å². The lowest BCUT2D eigenvalue weighted by Gasteiger charge is -2.30. The monoisotopic (exact) mass is 312 g/mol. The topological polar surface area (TPSA) is 97.5 Å². The van der Waals surface area contributed by atoms with Crippen molar-refractivity contribution in [1.29, 1.82) is 0 Å². The van der Waals surface area contributed by atoms with Gasteiger partial charge in [0.05, 0.1) is 16.8 Å². The molecule has 1 unspecified atom stereocenters. The van der Waals surface area contributed by atoms with Crippen molar-refractivity contribution in [1.82, 2.24) is 4.31 Å². The summed E-state index contributed by atoms with van der Waals surface area (Å²) in [5.74, 6) is 0.0453. The van der Waals surface area contributed by atoms with E-state index in [0.29, 0.717) is 19.6 Å². The van der Waals surface area contributed by atoms with Crippen molar-refractivity contribution in [3.8, 4) is 0 Å². The van der Waals surface area contributed by atoms with E-state index >= 15 is 0 Å². The van der Waals surface area contributed by atoms with Gasteiger partial charge < -0.3 is 5.73 Å². The van der Waals surface area contributed by atoms with Gasteiger partial charge in [-0.1, -0.05) is 13.8 Å². The van der Waals surface area contributed by atoms with Gasteiger partial charge in [0.1, 0.15) is 9.84 Å². The second-order valence-corrected chi connectivity index (χ2v) is 9.70. The summed E-state index contributed by atoms with van der Waals surface area (Å²) in [6, 6.07) is 0. The molecule has 1 aliphatic heterocycles. The molecule has 0 amide bonds. The minimum Gasteiger partial charge on any atom is -0.330 e. The van der Waals surface area contributed by atoms with Crippen molar-refractivity contribution in [2.75, 3.05) is 31.1 Å². The molecule has 1 atom stereocenters. The molecule has 0 saturated carbocycles. The van der Waals surface area contributed by atoms with Crippen LogP contribution in [0, 0.1) is 5.92 Å². The molecule has 0 aromatic heterocycles. The summed E-state index contributed by atoms with van der Waals surface area (Å²) >= 11 is 0. The van der Waals surface area contributed by atoms with Crippen molar-refractivity contribution in [2.45, 2.75) is 31.9 Å². The van der Waals surface area contributed by atoms with E-state index in [-0.39, 0.29) is 30.3 Å². The lowest BCUT2D eigenvalue weighted by molar-refractivity contribution is 0.364. The Balaban J connectivity index is 2.78. The van der Waals surface area contributed by atoms with E-state index in [2.05, 4.69) is 0 Å². The zero-order valence-electron chi connectivity index (χ0n) is 11.6. The Kier molecular flexibility index (Phi) is 5.78. The number of nitrogens with zero attached hydrogens (tertiary/aromatic N) is 1. The number of nitrogens with two attached hydrogens (primary N) is 1. The van der Waals surface area contributed by atoms with Crippen molar-refractivity contribution in [3.05, 3.63) is 0 Å². The second kappa shape index (κ2) is 6.51. The molecule has 0 aromatic rings. The first kappa shape index (κ1) is 16.9. The van der Waals surface area contributed by atoms with E-state index in [1.807, 2.05) is 6.92 Å². The van der Waals surface area contributed by atoms with E-state index in [1.165, 1.54) is 4.31 Å². The molecule has 0 bridgehead atoms. The third-order valence-electron chi connectivity index (χ3n) is 3.55. The molecular weight excluding hydrogens is 288 g/mol. The number of hydrogen-bond donors (Lipinski definition) is 1. The third kappa shape index (κ3) is 4.40. The van der Waals surface area contributed by atoms with Gasteiger partial charge in [0.15, 0.2) is 0 Å². The summed E-state index contributed by atoms with van der Waals surface area (Å²) in [4.78, 5) is 0. The Morgan fingerprint density at radius 3 is 2.26 bits per heavy atom. The van der Waals surface area contributed by atoms with Crippen molar-refractivity contribution >= 4 is 19.9 Å². The summed E-state index contributed by atoms with van der Waals surface area (Å²) in [5, 5.41) is -0.569. The molecule has 1 rings (SSSR count). The van der Waals surface area contributed by atoms with Gasteiger partial charge in [-0.15, -0.1) is 0 Å². The maximum absolute atomic E-state index is 12.5. The number of sulfonamides is 1. The summed E-state index contributed by atoms with van der Waals surface area (Å²) in [5.41, 5.74) is 5.53. The fraction of sp³-hybridized carbons (Fsp3) is 1.00. The first-order chi connectivity index (χ1) is 8.73. The summed E-state index contributed by atoms with van der Waals surface area (Å²) in [6.45, 7) is 4.93. The zero-order valence-corrected chi connectivity index (χ0v) is 13.2. The molecule has 1 heterocycles. The van der Waals surface area contributed by atoms with Crippen LogP contribution >= 0.6 is 0 Å². The molecule has 0 radical (unpaired) electrons. The van der Waals surface area contributed by atoms with Crippen LogP contribution in [0.1, 0.15) is 26.7 Å². The number of hydrogen-bond acceptors (Lipinski definition) is 5. The fourth-order valence-electron chi connectivity index (χ4n) is 2.21. The van der Waals surface area contributed by atoms with Gasteiger partial charge in [-0.05, 0) is 25.3 Å². The van der Waals surface area contributed by atoms with Gasteiger partial charge in [0.2, 0.25) is 10.0 Å². The van der Waals surface area contributed by atoms with E-state index in [4.69, 9.17) is 5.73 Å². The van der Waals surface area contributed by atoms with Gasteiger partial charge in [-0.3, -0.25) is 0 Å². The van der Waals surface area contributed by atoms with Crippen LogP contribution in [0.3, 0.4) is 0 Å². The number of rotatable bonds is 6. The maximum Gasteiger partial charge on any atom is 0.217 e. The molecule has 1 aliphatic rings. The van der Waals surface area contributed by atoms with Crippen molar-refractivity contribution in [2.24, 2.45) is 11.7 Å². The average Bonchev–Trinajstić information content (AvgIpc) is 2.34. The Morgan fingerprint density at radius 2 is 1.84 bits per heavy atom. The molecule has 8 heteroatoms. The molecule has 1 fully saturated rings. The molecule has 19 heavy (non-hydrogen) atoms. The highest BCUT2D eigenvalue weighted by atomic mass is 32.2. The van der Waals surface area contributed by atoms with E-state index < -0.39 is 25.1 Å². The normalized spacial score (nSPS) is 22.5. The highest BCUT2D eigenvalue weighted by Gasteiger charge is 2.36. The number of sulfone groups is 1. The molecule has 1 saturated heterocycles. The van der Waals surface area contributed by atoms with Crippen molar-refractivity contribution in [3.63, 3.8) is 0 Å². The molecule has 2 N–H and O–H groups in total. The largest absolute Gasteiger partial charge is 0.330 e. The quantitative estimate of drug-likeness (QED) is 0.733. The SMILES string of the molecule is CCN(CC(C)CN)S(=O)(=O)C1CCS(=O)(=O)CC1. The van der Waals surface area contributed by atoms with Crippen LogP contribution in [0.2, 0.25) is 0 Å². The van der Waals surface area contributed by atoms with E-state index in [9.17, 15) is 16.8 Å². The maximum atomic E-state index is 12.5. The lowest BCUT2D eigenvalue weighted by atomic mass is 10.2. The third-order valence-corrected chi connectivity index (χ3v) is 7.71.